The molecular weight excluding hydrogens is 284 g/mol. The van der Waals surface area contributed by atoms with Gasteiger partial charge in [0.1, 0.15) is 6.61 Å². The van der Waals surface area contributed by atoms with Crippen LogP contribution in [-0.2, 0) is 16.0 Å². The minimum Gasteiger partial charge on any atom is -0.480 e. The molecule has 2 heterocycles. The molecule has 2 amide bonds. The molecule has 2 aliphatic rings. The number of urea groups is 1. The van der Waals surface area contributed by atoms with Crippen LogP contribution < -0.4 is 4.90 Å². The van der Waals surface area contributed by atoms with Crippen molar-refractivity contribution >= 4 is 17.7 Å². The molecule has 1 aromatic carbocycles. The molecule has 0 aliphatic carbocycles. The molecular formula is C16H20N2O4. The maximum atomic E-state index is 12.7. The molecule has 3 rings (SSSR count). The van der Waals surface area contributed by atoms with E-state index in [9.17, 15) is 9.59 Å². The summed E-state index contributed by atoms with van der Waals surface area (Å²) in [6.07, 6.45) is 2.48. The Morgan fingerprint density at radius 1 is 1.27 bits per heavy atom. The van der Waals surface area contributed by atoms with E-state index in [2.05, 4.69) is 6.07 Å². The fourth-order valence-corrected chi connectivity index (χ4v) is 3.13. The number of rotatable bonds is 3. The van der Waals surface area contributed by atoms with Gasteiger partial charge in [0.25, 0.3) is 0 Å². The number of amides is 2. The molecule has 6 nitrogen and oxygen atoms in total. The van der Waals surface area contributed by atoms with Gasteiger partial charge in [-0.05, 0) is 30.9 Å². The van der Waals surface area contributed by atoms with Crippen LogP contribution >= 0.6 is 0 Å². The number of hydrogen-bond donors (Lipinski definition) is 1. The third kappa shape index (κ3) is 3.06. The van der Waals surface area contributed by atoms with Crippen molar-refractivity contribution in [3.63, 3.8) is 0 Å². The highest BCUT2D eigenvalue weighted by molar-refractivity contribution is 5.93. The van der Waals surface area contributed by atoms with Gasteiger partial charge in [0.2, 0.25) is 0 Å². The van der Waals surface area contributed by atoms with E-state index in [1.54, 1.807) is 4.90 Å². The van der Waals surface area contributed by atoms with Crippen LogP contribution in [0.25, 0.3) is 0 Å². The number of nitrogens with zero attached hydrogens (tertiary/aromatic N) is 2. The highest BCUT2D eigenvalue weighted by Crippen LogP contribution is 2.28. The van der Waals surface area contributed by atoms with Crippen molar-refractivity contribution in [3.05, 3.63) is 29.8 Å². The summed E-state index contributed by atoms with van der Waals surface area (Å²) in [6.45, 7) is 1.50. The molecule has 0 saturated carbocycles. The second kappa shape index (κ2) is 6.36. The fraction of sp³-hybridized carbons (Fsp3) is 0.500. The molecule has 1 saturated heterocycles. The number of anilines is 1. The van der Waals surface area contributed by atoms with Crippen molar-refractivity contribution in [2.75, 3.05) is 31.1 Å². The molecule has 1 aromatic rings. The van der Waals surface area contributed by atoms with Gasteiger partial charge in [-0.3, -0.25) is 4.90 Å². The van der Waals surface area contributed by atoms with Crippen LogP contribution in [0.15, 0.2) is 24.3 Å². The van der Waals surface area contributed by atoms with E-state index in [1.165, 1.54) is 5.56 Å². The number of hydrogen-bond acceptors (Lipinski definition) is 3. The zero-order chi connectivity index (χ0) is 15.5. The standard InChI is InChI=1S/C16H20N2O4/c19-15(20)11-22-13-7-9-17(10-13)16(21)18-8-3-5-12-4-1-2-6-14(12)18/h1-2,4,6,13H,3,5,7-11H2,(H,19,20)/t13-/m1/s1. The molecule has 2 aliphatic heterocycles. The molecule has 0 bridgehead atoms. The molecule has 0 unspecified atom stereocenters. The van der Waals surface area contributed by atoms with Gasteiger partial charge in [-0.25, -0.2) is 9.59 Å². The van der Waals surface area contributed by atoms with E-state index in [4.69, 9.17) is 9.84 Å². The molecule has 1 fully saturated rings. The molecule has 0 aromatic heterocycles. The Morgan fingerprint density at radius 2 is 2.09 bits per heavy atom. The smallest absolute Gasteiger partial charge is 0.329 e. The minimum absolute atomic E-state index is 0.00595. The average Bonchev–Trinajstić information content (AvgIpc) is 3.00. The SMILES string of the molecule is O=C(O)CO[C@@H]1CCN(C(=O)N2CCCc3ccccc32)C1. The van der Waals surface area contributed by atoms with E-state index in [0.29, 0.717) is 19.5 Å². The first-order valence-corrected chi connectivity index (χ1v) is 7.63. The summed E-state index contributed by atoms with van der Waals surface area (Å²) in [6, 6.07) is 8.00. The lowest BCUT2D eigenvalue weighted by Crippen LogP contribution is -2.45. The number of ether oxygens (including phenoxy) is 1. The topological polar surface area (TPSA) is 70.1 Å². The van der Waals surface area contributed by atoms with Crippen LogP contribution in [0.4, 0.5) is 10.5 Å². The number of carboxylic acid groups (broad SMARTS) is 1. The van der Waals surface area contributed by atoms with E-state index in [1.807, 2.05) is 23.1 Å². The van der Waals surface area contributed by atoms with Gasteiger partial charge in [0, 0.05) is 25.3 Å². The highest BCUT2D eigenvalue weighted by Gasteiger charge is 2.32. The minimum atomic E-state index is -0.977. The zero-order valence-electron chi connectivity index (χ0n) is 12.4. The van der Waals surface area contributed by atoms with Crippen molar-refractivity contribution < 1.29 is 19.4 Å². The molecule has 0 radical (unpaired) electrons. The molecule has 1 N–H and O–H groups in total. The number of aliphatic carboxylic acids is 1. The number of carbonyl (C=O) groups excluding carboxylic acids is 1. The summed E-state index contributed by atoms with van der Waals surface area (Å²) >= 11 is 0. The third-order valence-electron chi connectivity index (χ3n) is 4.20. The van der Waals surface area contributed by atoms with Crippen molar-refractivity contribution in [2.24, 2.45) is 0 Å². The largest absolute Gasteiger partial charge is 0.480 e. The van der Waals surface area contributed by atoms with E-state index >= 15 is 0 Å². The van der Waals surface area contributed by atoms with Crippen LogP contribution in [0.2, 0.25) is 0 Å². The Hall–Kier alpha value is -2.08. The van der Waals surface area contributed by atoms with E-state index in [0.717, 1.165) is 25.1 Å². The van der Waals surface area contributed by atoms with Crippen molar-refractivity contribution in [1.29, 1.82) is 0 Å². The lowest BCUT2D eigenvalue weighted by molar-refractivity contribution is -0.144. The Bertz CT molecular complexity index is 575. The number of aryl methyl sites for hydroxylation is 1. The number of likely N-dealkylation sites (tertiary alicyclic amines) is 1. The number of para-hydroxylation sites is 1. The predicted molar refractivity (Wildman–Crippen MR) is 81.1 cm³/mol. The molecule has 118 valence electrons. The number of benzene rings is 1. The summed E-state index contributed by atoms with van der Waals surface area (Å²) in [5, 5.41) is 8.65. The lowest BCUT2D eigenvalue weighted by Gasteiger charge is -2.32. The van der Waals surface area contributed by atoms with Gasteiger partial charge in [-0.15, -0.1) is 0 Å². The maximum absolute atomic E-state index is 12.7. The quantitative estimate of drug-likeness (QED) is 0.923. The first-order chi connectivity index (χ1) is 10.6. The van der Waals surface area contributed by atoms with Crippen LogP contribution in [-0.4, -0.2) is 54.4 Å². The second-order valence-electron chi connectivity index (χ2n) is 5.73. The summed E-state index contributed by atoms with van der Waals surface area (Å²) < 4.78 is 5.29. The first kappa shape index (κ1) is 14.8. The third-order valence-corrected chi connectivity index (χ3v) is 4.20. The van der Waals surface area contributed by atoms with Gasteiger partial charge >= 0.3 is 12.0 Å². The van der Waals surface area contributed by atoms with Gasteiger partial charge in [-0.2, -0.15) is 0 Å². The Kier molecular flexibility index (Phi) is 4.29. The number of fused-ring (bicyclic) bond motifs is 1. The average molecular weight is 304 g/mol. The first-order valence-electron chi connectivity index (χ1n) is 7.63. The highest BCUT2D eigenvalue weighted by atomic mass is 16.5. The Labute approximate surface area is 129 Å². The van der Waals surface area contributed by atoms with E-state index < -0.39 is 5.97 Å². The lowest BCUT2D eigenvalue weighted by atomic mass is 10.0. The Morgan fingerprint density at radius 3 is 2.91 bits per heavy atom. The zero-order valence-corrected chi connectivity index (χ0v) is 12.4. The van der Waals surface area contributed by atoms with Gasteiger partial charge in [0.15, 0.2) is 0 Å². The van der Waals surface area contributed by atoms with E-state index in [-0.39, 0.29) is 18.7 Å². The second-order valence-corrected chi connectivity index (χ2v) is 5.73. The summed E-state index contributed by atoms with van der Waals surface area (Å²) in [5.41, 5.74) is 2.20. The fourth-order valence-electron chi connectivity index (χ4n) is 3.13. The number of carboxylic acids is 1. The van der Waals surface area contributed by atoms with Crippen LogP contribution in [0.5, 0.6) is 0 Å². The van der Waals surface area contributed by atoms with Gasteiger partial charge < -0.3 is 14.7 Å². The van der Waals surface area contributed by atoms with Crippen LogP contribution in [0, 0.1) is 0 Å². The van der Waals surface area contributed by atoms with Gasteiger partial charge in [0.05, 0.1) is 6.10 Å². The molecule has 1 atom stereocenters. The molecule has 6 heteroatoms. The van der Waals surface area contributed by atoms with Crippen LogP contribution in [0.3, 0.4) is 0 Å². The van der Waals surface area contributed by atoms with Crippen molar-refractivity contribution in [2.45, 2.75) is 25.4 Å². The molecule has 22 heavy (non-hydrogen) atoms. The Balaban J connectivity index is 1.65. The summed E-state index contributed by atoms with van der Waals surface area (Å²) in [5.74, 6) is -0.977. The van der Waals surface area contributed by atoms with Crippen molar-refractivity contribution in [1.82, 2.24) is 4.90 Å². The van der Waals surface area contributed by atoms with Crippen LogP contribution in [0.1, 0.15) is 18.4 Å². The maximum Gasteiger partial charge on any atom is 0.329 e. The summed E-state index contributed by atoms with van der Waals surface area (Å²) in [4.78, 5) is 26.9. The molecule has 0 spiro atoms. The van der Waals surface area contributed by atoms with Gasteiger partial charge in [-0.1, -0.05) is 18.2 Å². The predicted octanol–water partition coefficient (Wildman–Crippen LogP) is 1.73. The monoisotopic (exact) mass is 304 g/mol. The normalized spacial score (nSPS) is 20.8. The number of carbonyl (C=O) groups is 2. The summed E-state index contributed by atoms with van der Waals surface area (Å²) in [7, 11) is 0. The van der Waals surface area contributed by atoms with Crippen molar-refractivity contribution in [3.8, 4) is 0 Å².